The van der Waals surface area contributed by atoms with Crippen molar-refractivity contribution in [1.29, 1.82) is 0 Å². The van der Waals surface area contributed by atoms with Gasteiger partial charge in [0.15, 0.2) is 5.78 Å². The largest absolute Gasteiger partial charge is 0.493 e. The highest BCUT2D eigenvalue weighted by Crippen LogP contribution is 2.44. The van der Waals surface area contributed by atoms with E-state index in [2.05, 4.69) is 24.0 Å². The minimum absolute atomic E-state index is 0.0201. The molecular formula is C30H38N2O2S. The van der Waals surface area contributed by atoms with Crippen molar-refractivity contribution in [2.75, 3.05) is 25.4 Å². The van der Waals surface area contributed by atoms with Gasteiger partial charge in [0.2, 0.25) is 0 Å². The third-order valence-electron chi connectivity index (χ3n) is 7.92. The van der Waals surface area contributed by atoms with Crippen LogP contribution in [0, 0.1) is 0 Å². The van der Waals surface area contributed by atoms with Gasteiger partial charge in [-0.3, -0.25) is 4.79 Å². The van der Waals surface area contributed by atoms with Gasteiger partial charge < -0.3 is 15.4 Å². The number of nitrogens with zero attached hydrogens (tertiary/aromatic N) is 1. The topological polar surface area (TPSA) is 55.6 Å². The van der Waals surface area contributed by atoms with Gasteiger partial charge in [-0.15, -0.1) is 11.3 Å². The van der Waals surface area contributed by atoms with E-state index >= 15 is 0 Å². The summed E-state index contributed by atoms with van der Waals surface area (Å²) in [4.78, 5) is 16.3. The third kappa shape index (κ3) is 5.26. The van der Waals surface area contributed by atoms with Crippen LogP contribution >= 0.6 is 11.3 Å². The molecule has 0 aliphatic carbocycles. The van der Waals surface area contributed by atoms with Crippen molar-refractivity contribution in [2.45, 2.75) is 76.7 Å². The molecule has 2 unspecified atom stereocenters. The first-order valence-electron chi connectivity index (χ1n) is 13.5. The highest BCUT2D eigenvalue weighted by Gasteiger charge is 2.30. The number of anilines is 1. The van der Waals surface area contributed by atoms with E-state index in [0.717, 1.165) is 43.3 Å². The number of ether oxygens (including phenoxy) is 1. The van der Waals surface area contributed by atoms with Crippen molar-refractivity contribution < 1.29 is 9.53 Å². The number of nitrogens with two attached hydrogens (primary N) is 1. The summed E-state index contributed by atoms with van der Waals surface area (Å²) in [6, 6.07) is 14.5. The lowest BCUT2D eigenvalue weighted by Crippen LogP contribution is -2.38. The molecule has 0 saturated carbocycles. The molecule has 2 atom stereocenters. The molecule has 3 aromatic rings. The predicted octanol–water partition coefficient (Wildman–Crippen LogP) is 7.41. The Morgan fingerprint density at radius 2 is 1.94 bits per heavy atom. The number of nitrogen functional groups attached to an aromatic ring is 1. The summed E-state index contributed by atoms with van der Waals surface area (Å²) in [7, 11) is 0. The molecule has 0 radical (unpaired) electrons. The summed E-state index contributed by atoms with van der Waals surface area (Å²) < 4.78 is 7.19. The summed E-state index contributed by atoms with van der Waals surface area (Å²) in [6.07, 6.45) is 10.9. The number of ketones is 1. The number of fused-ring (bicyclic) bond motifs is 2. The Hall–Kier alpha value is -2.37. The summed E-state index contributed by atoms with van der Waals surface area (Å²) in [5.41, 5.74) is 9.26. The molecule has 2 aliphatic heterocycles. The Morgan fingerprint density at radius 3 is 2.83 bits per heavy atom. The normalized spacial score (nSPS) is 20.9. The van der Waals surface area contributed by atoms with Crippen LogP contribution in [0.4, 0.5) is 5.00 Å². The lowest BCUT2D eigenvalue weighted by Gasteiger charge is -2.33. The Balaban J connectivity index is 1.41. The Labute approximate surface area is 213 Å². The number of hydrogen-bond acceptors (Lipinski definition) is 5. The molecule has 35 heavy (non-hydrogen) atoms. The molecule has 2 N–H and O–H groups in total. The zero-order chi connectivity index (χ0) is 24.2. The Kier molecular flexibility index (Phi) is 7.74. The molecule has 2 aromatic carbocycles. The predicted molar refractivity (Wildman–Crippen MR) is 147 cm³/mol. The average Bonchev–Trinajstić information content (AvgIpc) is 3.07. The maximum Gasteiger partial charge on any atom is 0.196 e. The SMILES string of the molecule is CCCCCOc1ccccc1C(=O)c1ccc2sc(N)c(C3CCC4CCCCN4CC3)c2c1. The molecule has 5 rings (SSSR count). The molecule has 4 nitrogen and oxygen atoms in total. The summed E-state index contributed by atoms with van der Waals surface area (Å²) >= 11 is 1.67. The first-order valence-corrected chi connectivity index (χ1v) is 14.3. The lowest BCUT2D eigenvalue weighted by atomic mass is 9.89. The second-order valence-corrected chi connectivity index (χ2v) is 11.3. The van der Waals surface area contributed by atoms with Gasteiger partial charge in [-0.2, -0.15) is 0 Å². The van der Waals surface area contributed by atoms with E-state index in [9.17, 15) is 4.79 Å². The number of piperidine rings is 1. The quantitative estimate of drug-likeness (QED) is 0.264. The van der Waals surface area contributed by atoms with Crippen molar-refractivity contribution in [3.63, 3.8) is 0 Å². The van der Waals surface area contributed by atoms with Crippen LogP contribution in [-0.2, 0) is 0 Å². The smallest absolute Gasteiger partial charge is 0.196 e. The van der Waals surface area contributed by atoms with Crippen LogP contribution in [0.3, 0.4) is 0 Å². The van der Waals surface area contributed by atoms with E-state index in [1.807, 2.05) is 30.3 Å². The maximum absolute atomic E-state index is 13.6. The minimum atomic E-state index is 0.0201. The fraction of sp³-hybridized carbons (Fsp3) is 0.500. The number of unbranched alkanes of at least 4 members (excludes halogenated alkanes) is 2. The number of rotatable bonds is 8. The first-order chi connectivity index (χ1) is 17.2. The van der Waals surface area contributed by atoms with E-state index < -0.39 is 0 Å². The fourth-order valence-electron chi connectivity index (χ4n) is 6.00. The standard InChI is InChI=1S/C30H38N2O2S/c1-2-3-8-19-34-26-11-5-4-10-24(26)29(33)22-13-15-27-25(20-22)28(30(31)35-27)21-12-14-23-9-6-7-17-32(23)18-16-21/h4-5,10-11,13,15,20-21,23H,2-3,6-9,12,14,16-19,31H2,1H3. The molecular weight excluding hydrogens is 452 g/mol. The van der Waals surface area contributed by atoms with Crippen LogP contribution in [0.5, 0.6) is 5.75 Å². The Bertz CT molecular complexity index is 1150. The van der Waals surface area contributed by atoms with E-state index in [0.29, 0.717) is 29.4 Å². The fourth-order valence-corrected chi connectivity index (χ4v) is 7.04. The third-order valence-corrected chi connectivity index (χ3v) is 8.94. The highest BCUT2D eigenvalue weighted by molar-refractivity contribution is 7.22. The molecule has 1 aromatic heterocycles. The molecule has 0 bridgehead atoms. The Morgan fingerprint density at radius 1 is 1.06 bits per heavy atom. The number of carbonyl (C=O) groups excluding carboxylic acids is 1. The summed E-state index contributed by atoms with van der Waals surface area (Å²) in [5, 5.41) is 2.10. The van der Waals surface area contributed by atoms with Gasteiger partial charge in [0, 0.05) is 16.3 Å². The van der Waals surface area contributed by atoms with Gasteiger partial charge in [0.1, 0.15) is 5.75 Å². The molecule has 3 heterocycles. The molecule has 2 fully saturated rings. The minimum Gasteiger partial charge on any atom is -0.493 e. The van der Waals surface area contributed by atoms with Crippen molar-refractivity contribution >= 4 is 32.2 Å². The molecule has 0 amide bonds. The van der Waals surface area contributed by atoms with Crippen LogP contribution in [-0.4, -0.2) is 36.4 Å². The second kappa shape index (κ2) is 11.1. The van der Waals surface area contributed by atoms with E-state index in [1.165, 1.54) is 54.3 Å². The van der Waals surface area contributed by atoms with Gasteiger partial charge in [0.25, 0.3) is 0 Å². The lowest BCUT2D eigenvalue weighted by molar-refractivity contribution is 0.103. The molecule has 186 valence electrons. The zero-order valence-corrected chi connectivity index (χ0v) is 21.7. The van der Waals surface area contributed by atoms with Crippen molar-refractivity contribution in [2.24, 2.45) is 0 Å². The number of hydrogen-bond donors (Lipinski definition) is 1. The van der Waals surface area contributed by atoms with Crippen LogP contribution in [0.1, 0.15) is 92.1 Å². The van der Waals surface area contributed by atoms with Crippen LogP contribution in [0.2, 0.25) is 0 Å². The molecule has 2 saturated heterocycles. The highest BCUT2D eigenvalue weighted by atomic mass is 32.1. The van der Waals surface area contributed by atoms with Gasteiger partial charge in [-0.1, -0.05) is 38.3 Å². The van der Waals surface area contributed by atoms with Gasteiger partial charge in [0.05, 0.1) is 17.2 Å². The summed E-state index contributed by atoms with van der Waals surface area (Å²) in [6.45, 7) is 5.23. The molecule has 5 heteroatoms. The monoisotopic (exact) mass is 490 g/mol. The van der Waals surface area contributed by atoms with Crippen molar-refractivity contribution in [3.05, 3.63) is 59.2 Å². The van der Waals surface area contributed by atoms with E-state index in [1.54, 1.807) is 11.3 Å². The van der Waals surface area contributed by atoms with Crippen molar-refractivity contribution in [1.82, 2.24) is 4.90 Å². The molecule has 0 spiro atoms. The second-order valence-electron chi connectivity index (χ2n) is 10.2. The van der Waals surface area contributed by atoms with E-state index in [4.69, 9.17) is 10.5 Å². The van der Waals surface area contributed by atoms with Gasteiger partial charge >= 0.3 is 0 Å². The summed E-state index contributed by atoms with van der Waals surface area (Å²) in [5.74, 6) is 1.17. The number of thiophene rings is 1. The molecule has 2 aliphatic rings. The zero-order valence-electron chi connectivity index (χ0n) is 20.9. The van der Waals surface area contributed by atoms with Gasteiger partial charge in [-0.05, 0) is 98.8 Å². The van der Waals surface area contributed by atoms with Crippen LogP contribution in [0.15, 0.2) is 42.5 Å². The van der Waals surface area contributed by atoms with Gasteiger partial charge in [-0.25, -0.2) is 0 Å². The average molecular weight is 491 g/mol. The maximum atomic E-state index is 13.6. The number of benzene rings is 2. The van der Waals surface area contributed by atoms with Crippen molar-refractivity contribution in [3.8, 4) is 5.75 Å². The van der Waals surface area contributed by atoms with Crippen LogP contribution < -0.4 is 10.5 Å². The number of para-hydroxylation sites is 1. The van der Waals surface area contributed by atoms with E-state index in [-0.39, 0.29) is 5.78 Å². The number of carbonyl (C=O) groups is 1. The van der Waals surface area contributed by atoms with Crippen LogP contribution in [0.25, 0.3) is 10.1 Å². The first kappa shape index (κ1) is 24.3.